The van der Waals surface area contributed by atoms with Crippen molar-refractivity contribution in [3.63, 3.8) is 0 Å². The van der Waals surface area contributed by atoms with Crippen molar-refractivity contribution in [2.24, 2.45) is 0 Å². The van der Waals surface area contributed by atoms with Gasteiger partial charge in [-0.25, -0.2) is 0 Å². The summed E-state index contributed by atoms with van der Waals surface area (Å²) >= 11 is 3.46. The minimum atomic E-state index is -0.365. The lowest BCUT2D eigenvalue weighted by Crippen LogP contribution is -2.54. The van der Waals surface area contributed by atoms with E-state index in [2.05, 4.69) is 26.2 Å². The highest BCUT2D eigenvalue weighted by Gasteiger charge is 2.31. The van der Waals surface area contributed by atoms with Gasteiger partial charge in [0.2, 0.25) is 5.91 Å². The number of hydrogen-bond donors (Lipinski definition) is 2. The van der Waals surface area contributed by atoms with Gasteiger partial charge in [0, 0.05) is 19.3 Å². The molecule has 3 N–H and O–H groups in total. The predicted molar refractivity (Wildman–Crippen MR) is 81.6 cm³/mol. The van der Waals surface area contributed by atoms with E-state index in [9.17, 15) is 4.79 Å². The Balaban J connectivity index is 2.24. The van der Waals surface area contributed by atoms with E-state index >= 15 is 0 Å². The number of anilines is 2. The molecule has 1 aliphatic rings. The fraction of sp³-hybridized carbons (Fsp3) is 0.538. The molecule has 2 rings (SSSR count). The summed E-state index contributed by atoms with van der Waals surface area (Å²) < 4.78 is 6.23. The third-order valence-electron chi connectivity index (χ3n) is 3.17. The Labute approximate surface area is 126 Å². The van der Waals surface area contributed by atoms with Crippen LogP contribution in [0.15, 0.2) is 16.9 Å². The number of nitrogens with one attached hydrogen (secondary N) is 1. The molecule has 110 valence electrons. The number of aromatic nitrogens is 1. The maximum atomic E-state index is 12.3. The van der Waals surface area contributed by atoms with E-state index < -0.39 is 0 Å². The lowest BCUT2D eigenvalue weighted by atomic mass is 10.1. The molecule has 7 heteroatoms. The van der Waals surface area contributed by atoms with Gasteiger partial charge in [0.1, 0.15) is 6.04 Å². The predicted octanol–water partition coefficient (Wildman–Crippen LogP) is 1.16. The standard InChI is InChI=1S/C13H19BrN4O2/c1-2-3-17-13(19)11-8-20-5-4-18(11)12-9(14)6-16-7-10(12)15/h6-7,11H,2-5,8,15H2,1H3,(H,17,19). The van der Waals surface area contributed by atoms with Crippen LogP contribution in [0.1, 0.15) is 13.3 Å². The lowest BCUT2D eigenvalue weighted by Gasteiger charge is -2.37. The minimum Gasteiger partial charge on any atom is -0.396 e. The highest BCUT2D eigenvalue weighted by Crippen LogP contribution is 2.33. The van der Waals surface area contributed by atoms with Crippen LogP contribution in [0.5, 0.6) is 0 Å². The Kier molecular flexibility index (Phi) is 5.19. The van der Waals surface area contributed by atoms with Crippen molar-refractivity contribution >= 4 is 33.2 Å². The number of amides is 1. The van der Waals surface area contributed by atoms with E-state index in [0.29, 0.717) is 32.0 Å². The normalized spacial score (nSPS) is 18.9. The number of halogens is 1. The van der Waals surface area contributed by atoms with Crippen LogP contribution in [0.2, 0.25) is 0 Å². The van der Waals surface area contributed by atoms with Crippen molar-refractivity contribution in [1.82, 2.24) is 10.3 Å². The van der Waals surface area contributed by atoms with Crippen LogP contribution < -0.4 is 16.0 Å². The molecule has 2 heterocycles. The van der Waals surface area contributed by atoms with Gasteiger partial charge in [0.05, 0.1) is 35.3 Å². The number of ether oxygens (including phenoxy) is 1. The van der Waals surface area contributed by atoms with Crippen molar-refractivity contribution in [2.75, 3.05) is 36.9 Å². The molecule has 1 amide bonds. The zero-order valence-corrected chi connectivity index (χ0v) is 13.0. The summed E-state index contributed by atoms with van der Waals surface area (Å²) in [6, 6.07) is -0.365. The fourth-order valence-corrected chi connectivity index (χ4v) is 2.78. The highest BCUT2D eigenvalue weighted by atomic mass is 79.9. The summed E-state index contributed by atoms with van der Waals surface area (Å²) in [7, 11) is 0. The van der Waals surface area contributed by atoms with Gasteiger partial charge in [0.15, 0.2) is 0 Å². The fourth-order valence-electron chi connectivity index (χ4n) is 2.20. The Morgan fingerprint density at radius 1 is 1.65 bits per heavy atom. The van der Waals surface area contributed by atoms with E-state index in [1.165, 1.54) is 0 Å². The number of pyridine rings is 1. The molecule has 20 heavy (non-hydrogen) atoms. The molecular weight excluding hydrogens is 324 g/mol. The number of morpholine rings is 1. The van der Waals surface area contributed by atoms with Crippen molar-refractivity contribution in [3.8, 4) is 0 Å². The maximum absolute atomic E-state index is 12.3. The molecule has 0 bridgehead atoms. The van der Waals surface area contributed by atoms with E-state index in [0.717, 1.165) is 16.6 Å². The summed E-state index contributed by atoms with van der Waals surface area (Å²) in [4.78, 5) is 18.3. The second-order valence-corrected chi connectivity index (χ2v) is 5.49. The summed E-state index contributed by atoms with van der Waals surface area (Å²) in [6.45, 7) is 4.25. The number of rotatable bonds is 4. The van der Waals surface area contributed by atoms with Gasteiger partial charge in [-0.1, -0.05) is 6.92 Å². The molecule has 6 nitrogen and oxygen atoms in total. The van der Waals surface area contributed by atoms with E-state index in [1.54, 1.807) is 12.4 Å². The van der Waals surface area contributed by atoms with Gasteiger partial charge < -0.3 is 20.7 Å². The zero-order valence-electron chi connectivity index (χ0n) is 11.4. The van der Waals surface area contributed by atoms with Crippen LogP contribution in [0.25, 0.3) is 0 Å². The Hall–Kier alpha value is -1.34. The largest absolute Gasteiger partial charge is 0.396 e. The number of carbonyl (C=O) groups is 1. The second-order valence-electron chi connectivity index (χ2n) is 4.63. The molecule has 0 saturated carbocycles. The number of nitrogens with two attached hydrogens (primary N) is 1. The first kappa shape index (κ1) is 15.1. The smallest absolute Gasteiger partial charge is 0.245 e. The van der Waals surface area contributed by atoms with Gasteiger partial charge in [-0.3, -0.25) is 9.78 Å². The SMILES string of the molecule is CCCNC(=O)C1COCCN1c1c(N)cncc1Br. The lowest BCUT2D eigenvalue weighted by molar-refractivity contribution is -0.124. The van der Waals surface area contributed by atoms with Gasteiger partial charge in [-0.2, -0.15) is 0 Å². The van der Waals surface area contributed by atoms with Crippen LogP contribution in [-0.2, 0) is 9.53 Å². The van der Waals surface area contributed by atoms with Gasteiger partial charge >= 0.3 is 0 Å². The average molecular weight is 343 g/mol. The number of carbonyl (C=O) groups excluding carboxylic acids is 1. The minimum absolute atomic E-state index is 0.0327. The average Bonchev–Trinajstić information content (AvgIpc) is 2.45. The number of hydrogen-bond acceptors (Lipinski definition) is 5. The van der Waals surface area contributed by atoms with E-state index in [1.807, 2.05) is 11.8 Å². The first-order valence-electron chi connectivity index (χ1n) is 6.66. The van der Waals surface area contributed by atoms with E-state index in [4.69, 9.17) is 10.5 Å². The van der Waals surface area contributed by atoms with Gasteiger partial charge in [-0.15, -0.1) is 0 Å². The first-order chi connectivity index (χ1) is 9.65. The van der Waals surface area contributed by atoms with Crippen LogP contribution in [0.3, 0.4) is 0 Å². The van der Waals surface area contributed by atoms with Crippen LogP contribution in [-0.4, -0.2) is 43.2 Å². The Bertz CT molecular complexity index is 463. The second kappa shape index (κ2) is 6.90. The molecule has 1 atom stereocenters. The molecule has 1 saturated heterocycles. The van der Waals surface area contributed by atoms with Crippen molar-refractivity contribution in [2.45, 2.75) is 19.4 Å². The van der Waals surface area contributed by atoms with Crippen LogP contribution in [0, 0.1) is 0 Å². The molecule has 0 aliphatic carbocycles. The van der Waals surface area contributed by atoms with Gasteiger partial charge in [0.25, 0.3) is 0 Å². The summed E-state index contributed by atoms with van der Waals surface area (Å²) in [5.41, 5.74) is 7.36. The quantitative estimate of drug-likeness (QED) is 0.858. The molecule has 1 fully saturated rings. The van der Waals surface area contributed by atoms with Crippen LogP contribution >= 0.6 is 15.9 Å². The summed E-state index contributed by atoms with van der Waals surface area (Å²) in [5, 5.41) is 2.91. The third kappa shape index (κ3) is 3.21. The van der Waals surface area contributed by atoms with Crippen molar-refractivity contribution in [1.29, 1.82) is 0 Å². The number of nitrogens with zero attached hydrogens (tertiary/aromatic N) is 2. The number of nitrogen functional groups attached to an aromatic ring is 1. The third-order valence-corrected chi connectivity index (χ3v) is 3.75. The topological polar surface area (TPSA) is 80.5 Å². The maximum Gasteiger partial charge on any atom is 0.245 e. The Morgan fingerprint density at radius 2 is 2.45 bits per heavy atom. The summed E-state index contributed by atoms with van der Waals surface area (Å²) in [6.07, 6.45) is 4.18. The molecule has 0 spiro atoms. The first-order valence-corrected chi connectivity index (χ1v) is 7.45. The molecule has 1 aromatic rings. The Morgan fingerprint density at radius 3 is 3.15 bits per heavy atom. The molecular formula is C13H19BrN4O2. The monoisotopic (exact) mass is 342 g/mol. The molecule has 1 aliphatic heterocycles. The molecule has 0 radical (unpaired) electrons. The molecule has 1 unspecified atom stereocenters. The zero-order chi connectivity index (χ0) is 14.5. The molecule has 0 aromatic carbocycles. The van der Waals surface area contributed by atoms with Crippen molar-refractivity contribution < 1.29 is 9.53 Å². The van der Waals surface area contributed by atoms with E-state index in [-0.39, 0.29) is 11.9 Å². The highest BCUT2D eigenvalue weighted by molar-refractivity contribution is 9.10. The van der Waals surface area contributed by atoms with Crippen molar-refractivity contribution in [3.05, 3.63) is 16.9 Å². The summed E-state index contributed by atoms with van der Waals surface area (Å²) in [5.74, 6) is -0.0327. The van der Waals surface area contributed by atoms with Crippen LogP contribution in [0.4, 0.5) is 11.4 Å². The molecule has 1 aromatic heterocycles. The van der Waals surface area contributed by atoms with Gasteiger partial charge in [-0.05, 0) is 22.4 Å².